The van der Waals surface area contributed by atoms with Gasteiger partial charge in [0.05, 0.1) is 0 Å². The third-order valence-corrected chi connectivity index (χ3v) is 0.857. The Hall–Kier alpha value is -0.330. The lowest BCUT2D eigenvalue weighted by atomic mass is 10.3. The number of alkyl halides is 1. The van der Waals surface area contributed by atoms with Gasteiger partial charge in [0.2, 0.25) is 0 Å². The molecule has 0 radical (unpaired) electrons. The maximum Gasteiger partial charge on any atom is 0.115 e. The quantitative estimate of drug-likeness (QED) is 0.497. The second-order valence-electron chi connectivity index (χ2n) is 1.89. The van der Waals surface area contributed by atoms with Crippen molar-refractivity contribution in [2.75, 3.05) is 0 Å². The topological polar surface area (TPSA) is 0 Å². The average Bonchev–Trinajstić information content (AvgIpc) is 1.66. The first-order valence-electron chi connectivity index (χ1n) is 3.08. The number of unbranched alkanes of at least 4 members (excludes halogenated alkanes) is 1. The number of allylic oxidation sites excluding steroid dienone is 2. The highest BCUT2D eigenvalue weighted by atomic mass is 19.1. The predicted molar refractivity (Wildman–Crippen MR) is 34.6 cm³/mol. The van der Waals surface area contributed by atoms with Crippen LogP contribution in [-0.4, -0.2) is 6.17 Å². The molecule has 0 heterocycles. The summed E-state index contributed by atoms with van der Waals surface area (Å²) in [4.78, 5) is 0. The van der Waals surface area contributed by atoms with E-state index in [2.05, 4.69) is 6.92 Å². The minimum Gasteiger partial charge on any atom is -0.243 e. The van der Waals surface area contributed by atoms with Crippen molar-refractivity contribution in [3.63, 3.8) is 0 Å². The lowest BCUT2D eigenvalue weighted by molar-refractivity contribution is 0.430. The molecule has 0 N–H and O–H groups in total. The summed E-state index contributed by atoms with van der Waals surface area (Å²) in [5, 5.41) is 0. The predicted octanol–water partition coefficient (Wildman–Crippen LogP) is 2.70. The molecule has 0 aliphatic rings. The van der Waals surface area contributed by atoms with Crippen molar-refractivity contribution in [1.82, 2.24) is 0 Å². The van der Waals surface area contributed by atoms with E-state index in [4.69, 9.17) is 0 Å². The molecule has 0 aliphatic carbocycles. The minimum absolute atomic E-state index is 0.776. The second kappa shape index (κ2) is 4.82. The van der Waals surface area contributed by atoms with Gasteiger partial charge in [0.25, 0.3) is 0 Å². The Labute approximate surface area is 50.4 Å². The molecule has 0 spiro atoms. The molecule has 8 heavy (non-hydrogen) atoms. The molecule has 0 aromatic carbocycles. The van der Waals surface area contributed by atoms with Gasteiger partial charge in [0, 0.05) is 0 Å². The van der Waals surface area contributed by atoms with Crippen molar-refractivity contribution in [3.05, 3.63) is 12.2 Å². The summed E-state index contributed by atoms with van der Waals surface area (Å²) in [7, 11) is 0. The lowest BCUT2D eigenvalue weighted by Gasteiger charge is -1.87. The van der Waals surface area contributed by atoms with Crippen molar-refractivity contribution < 1.29 is 4.39 Å². The Kier molecular flexibility index (Phi) is 4.62. The van der Waals surface area contributed by atoms with Crippen LogP contribution in [0, 0.1) is 0 Å². The first kappa shape index (κ1) is 7.67. The minimum atomic E-state index is -0.776. The number of halogens is 1. The van der Waals surface area contributed by atoms with Gasteiger partial charge in [-0.25, -0.2) is 4.39 Å². The van der Waals surface area contributed by atoms with E-state index in [0.717, 1.165) is 12.8 Å². The molecule has 0 amide bonds. The van der Waals surface area contributed by atoms with Crippen LogP contribution in [0.4, 0.5) is 4.39 Å². The highest BCUT2D eigenvalue weighted by molar-refractivity contribution is 4.85. The third kappa shape index (κ3) is 5.67. The zero-order valence-corrected chi connectivity index (χ0v) is 5.52. The SMILES string of the molecule is CCC/C=C\C(C)F. The van der Waals surface area contributed by atoms with Gasteiger partial charge in [-0.3, -0.25) is 0 Å². The van der Waals surface area contributed by atoms with Crippen molar-refractivity contribution in [2.45, 2.75) is 32.9 Å². The van der Waals surface area contributed by atoms with Crippen molar-refractivity contribution in [3.8, 4) is 0 Å². The summed E-state index contributed by atoms with van der Waals surface area (Å²) in [6.45, 7) is 3.61. The molecule has 0 aromatic heterocycles. The van der Waals surface area contributed by atoms with Gasteiger partial charge in [-0.15, -0.1) is 0 Å². The van der Waals surface area contributed by atoms with E-state index in [-0.39, 0.29) is 0 Å². The lowest BCUT2D eigenvalue weighted by Crippen LogP contribution is -1.81. The van der Waals surface area contributed by atoms with E-state index >= 15 is 0 Å². The summed E-state index contributed by atoms with van der Waals surface area (Å²) < 4.78 is 11.9. The normalized spacial score (nSPS) is 14.9. The summed E-state index contributed by atoms with van der Waals surface area (Å²) in [5.41, 5.74) is 0. The molecule has 48 valence electrons. The zero-order chi connectivity index (χ0) is 6.41. The van der Waals surface area contributed by atoms with Gasteiger partial charge in [-0.1, -0.05) is 25.5 Å². The zero-order valence-electron chi connectivity index (χ0n) is 5.52. The van der Waals surface area contributed by atoms with Crippen LogP contribution in [0.3, 0.4) is 0 Å². The molecule has 0 bridgehead atoms. The number of hydrogen-bond acceptors (Lipinski definition) is 0. The fraction of sp³-hybridized carbons (Fsp3) is 0.714. The van der Waals surface area contributed by atoms with Crippen LogP contribution >= 0.6 is 0 Å². The Morgan fingerprint density at radius 3 is 2.62 bits per heavy atom. The van der Waals surface area contributed by atoms with Crippen LogP contribution in [0.15, 0.2) is 12.2 Å². The Morgan fingerprint density at radius 2 is 2.25 bits per heavy atom. The van der Waals surface area contributed by atoms with E-state index in [1.165, 1.54) is 6.92 Å². The van der Waals surface area contributed by atoms with Gasteiger partial charge in [0.15, 0.2) is 0 Å². The largest absolute Gasteiger partial charge is 0.243 e. The smallest absolute Gasteiger partial charge is 0.115 e. The standard InChI is InChI=1S/C7H13F/c1-3-4-5-6-7(2)8/h5-7H,3-4H2,1-2H3/b6-5-. The number of rotatable bonds is 3. The van der Waals surface area contributed by atoms with Gasteiger partial charge in [-0.05, 0) is 13.3 Å². The maximum absolute atomic E-state index is 11.9. The van der Waals surface area contributed by atoms with E-state index in [1.54, 1.807) is 6.08 Å². The van der Waals surface area contributed by atoms with Gasteiger partial charge < -0.3 is 0 Å². The molecular formula is C7H13F. The second-order valence-corrected chi connectivity index (χ2v) is 1.89. The molecule has 1 heteroatoms. The van der Waals surface area contributed by atoms with Crippen molar-refractivity contribution in [2.24, 2.45) is 0 Å². The molecule has 0 nitrogen and oxygen atoms in total. The molecule has 0 aromatic rings. The van der Waals surface area contributed by atoms with Gasteiger partial charge in [-0.2, -0.15) is 0 Å². The van der Waals surface area contributed by atoms with Crippen LogP contribution in [0.25, 0.3) is 0 Å². The fourth-order valence-electron chi connectivity index (χ4n) is 0.450. The van der Waals surface area contributed by atoms with Crippen molar-refractivity contribution in [1.29, 1.82) is 0 Å². The highest BCUT2D eigenvalue weighted by Crippen LogP contribution is 1.93. The van der Waals surface area contributed by atoms with E-state index in [0.29, 0.717) is 0 Å². The van der Waals surface area contributed by atoms with Gasteiger partial charge >= 0.3 is 0 Å². The van der Waals surface area contributed by atoms with Crippen molar-refractivity contribution >= 4 is 0 Å². The molecule has 1 atom stereocenters. The maximum atomic E-state index is 11.9. The monoisotopic (exact) mass is 116 g/mol. The Bertz CT molecular complexity index is 64.8. The molecule has 0 rings (SSSR count). The summed E-state index contributed by atoms with van der Waals surface area (Å²) in [5.74, 6) is 0. The molecule has 0 saturated carbocycles. The van der Waals surface area contributed by atoms with E-state index in [9.17, 15) is 4.39 Å². The molecular weight excluding hydrogens is 103 g/mol. The first-order valence-corrected chi connectivity index (χ1v) is 3.08. The summed E-state index contributed by atoms with van der Waals surface area (Å²) in [6.07, 6.45) is 4.78. The highest BCUT2D eigenvalue weighted by Gasteiger charge is 1.84. The Balaban J connectivity index is 3.07. The summed E-state index contributed by atoms with van der Waals surface area (Å²) in [6, 6.07) is 0. The molecule has 0 saturated heterocycles. The van der Waals surface area contributed by atoms with E-state index in [1.807, 2.05) is 6.08 Å². The van der Waals surface area contributed by atoms with Crippen LogP contribution in [-0.2, 0) is 0 Å². The molecule has 1 unspecified atom stereocenters. The van der Waals surface area contributed by atoms with Gasteiger partial charge in [0.1, 0.15) is 6.17 Å². The van der Waals surface area contributed by atoms with E-state index < -0.39 is 6.17 Å². The van der Waals surface area contributed by atoms with Crippen LogP contribution < -0.4 is 0 Å². The van der Waals surface area contributed by atoms with Crippen LogP contribution in [0.5, 0.6) is 0 Å². The summed E-state index contributed by atoms with van der Waals surface area (Å²) >= 11 is 0. The van der Waals surface area contributed by atoms with Crippen LogP contribution in [0.2, 0.25) is 0 Å². The average molecular weight is 116 g/mol. The molecule has 0 aliphatic heterocycles. The molecule has 0 fully saturated rings. The first-order chi connectivity index (χ1) is 3.77. The fourth-order valence-corrected chi connectivity index (χ4v) is 0.450. The van der Waals surface area contributed by atoms with Crippen LogP contribution in [0.1, 0.15) is 26.7 Å². The third-order valence-electron chi connectivity index (χ3n) is 0.857. The number of hydrogen-bond donors (Lipinski definition) is 0. The Morgan fingerprint density at radius 1 is 1.62 bits per heavy atom.